The zero-order valence-corrected chi connectivity index (χ0v) is 10.7. The van der Waals surface area contributed by atoms with Gasteiger partial charge in [-0.15, -0.1) is 0 Å². The number of benzene rings is 1. The van der Waals surface area contributed by atoms with Gasteiger partial charge < -0.3 is 15.0 Å². The summed E-state index contributed by atoms with van der Waals surface area (Å²) < 4.78 is 19.5. The van der Waals surface area contributed by atoms with Crippen molar-refractivity contribution in [2.75, 3.05) is 40.3 Å². The molecular weight excluding hydrogens is 233 g/mol. The normalized spacial score (nSPS) is 14.6. The van der Waals surface area contributed by atoms with Gasteiger partial charge in [0.25, 0.3) is 0 Å². The first-order chi connectivity index (χ1) is 8.68. The second kappa shape index (κ2) is 5.82. The lowest BCUT2D eigenvalue weighted by atomic mass is 10.1. The van der Waals surface area contributed by atoms with Crippen LogP contribution in [0.2, 0.25) is 0 Å². The van der Waals surface area contributed by atoms with E-state index in [4.69, 9.17) is 4.74 Å². The van der Waals surface area contributed by atoms with Gasteiger partial charge >= 0.3 is 0 Å². The number of halogens is 1. The molecule has 2 rings (SSSR count). The van der Waals surface area contributed by atoms with E-state index in [0.717, 1.165) is 13.1 Å². The molecule has 0 aliphatic carbocycles. The molecule has 0 unspecified atom stereocenters. The van der Waals surface area contributed by atoms with Crippen LogP contribution in [0.5, 0.6) is 5.75 Å². The summed E-state index contributed by atoms with van der Waals surface area (Å²) in [7, 11) is 3.94. The van der Waals surface area contributed by atoms with Crippen molar-refractivity contribution in [3.8, 4) is 5.75 Å². The molecule has 5 heteroatoms. The van der Waals surface area contributed by atoms with Crippen molar-refractivity contribution in [3.05, 3.63) is 29.6 Å². The molecule has 1 N–H and O–H groups in total. The second-order valence-electron chi connectivity index (χ2n) is 4.42. The van der Waals surface area contributed by atoms with Gasteiger partial charge in [-0.2, -0.15) is 0 Å². The van der Waals surface area contributed by atoms with Crippen molar-refractivity contribution in [1.82, 2.24) is 10.2 Å². The molecule has 1 aliphatic heterocycles. The molecule has 0 saturated heterocycles. The summed E-state index contributed by atoms with van der Waals surface area (Å²) in [5.41, 5.74) is 0.439. The average molecular weight is 251 g/mol. The highest BCUT2D eigenvalue weighted by Gasteiger charge is 2.18. The Morgan fingerprint density at radius 1 is 1.44 bits per heavy atom. The van der Waals surface area contributed by atoms with Gasteiger partial charge in [-0.05, 0) is 26.2 Å². The first-order valence-corrected chi connectivity index (χ1v) is 6.03. The molecule has 98 valence electrons. The molecule has 0 radical (unpaired) electrons. The Labute approximate surface area is 106 Å². The summed E-state index contributed by atoms with van der Waals surface area (Å²) >= 11 is 0. The van der Waals surface area contributed by atoms with Crippen molar-refractivity contribution in [3.63, 3.8) is 0 Å². The zero-order chi connectivity index (χ0) is 13.0. The lowest BCUT2D eigenvalue weighted by molar-refractivity contribution is 0.260. The van der Waals surface area contributed by atoms with E-state index < -0.39 is 0 Å². The molecule has 1 heterocycles. The number of hydrogen-bond donors (Lipinski definition) is 1. The van der Waals surface area contributed by atoms with Crippen LogP contribution in [0, 0.1) is 5.82 Å². The van der Waals surface area contributed by atoms with Crippen LogP contribution in [0.4, 0.5) is 4.39 Å². The molecule has 0 spiro atoms. The van der Waals surface area contributed by atoms with Gasteiger partial charge in [0.2, 0.25) is 0 Å². The number of nitrogens with zero attached hydrogens (tertiary/aromatic N) is 2. The highest BCUT2D eigenvalue weighted by Crippen LogP contribution is 2.22. The Balaban J connectivity index is 2.16. The van der Waals surface area contributed by atoms with Crippen LogP contribution < -0.4 is 10.1 Å². The first kappa shape index (κ1) is 12.8. The van der Waals surface area contributed by atoms with Crippen LogP contribution in [0.25, 0.3) is 0 Å². The molecule has 0 atom stereocenters. The summed E-state index contributed by atoms with van der Waals surface area (Å²) in [6.45, 7) is 2.74. The summed E-state index contributed by atoms with van der Waals surface area (Å²) in [6.07, 6.45) is 0. The van der Waals surface area contributed by atoms with Crippen molar-refractivity contribution in [2.24, 2.45) is 4.99 Å². The number of amidine groups is 1. The maximum Gasteiger partial charge on any atom is 0.137 e. The highest BCUT2D eigenvalue weighted by atomic mass is 19.1. The number of aliphatic imine (C=N–C) groups is 1. The molecule has 0 bridgehead atoms. The summed E-state index contributed by atoms with van der Waals surface area (Å²) in [5, 5.41) is 3.07. The number of hydrogen-bond acceptors (Lipinski definition) is 4. The van der Waals surface area contributed by atoms with Crippen molar-refractivity contribution < 1.29 is 9.13 Å². The van der Waals surface area contributed by atoms with Gasteiger partial charge in [0, 0.05) is 13.1 Å². The average Bonchev–Trinajstić information content (AvgIpc) is 2.82. The third-order valence-corrected chi connectivity index (χ3v) is 2.68. The maximum atomic E-state index is 13.9. The summed E-state index contributed by atoms with van der Waals surface area (Å²) in [6, 6.07) is 4.85. The zero-order valence-electron chi connectivity index (χ0n) is 10.7. The van der Waals surface area contributed by atoms with E-state index in [9.17, 15) is 4.39 Å². The van der Waals surface area contributed by atoms with Crippen molar-refractivity contribution in [1.29, 1.82) is 0 Å². The number of nitrogens with one attached hydrogen (secondary N) is 1. The fourth-order valence-electron chi connectivity index (χ4n) is 1.76. The topological polar surface area (TPSA) is 36.9 Å². The van der Waals surface area contributed by atoms with Crippen LogP contribution in [-0.4, -0.2) is 51.1 Å². The van der Waals surface area contributed by atoms with Crippen molar-refractivity contribution >= 4 is 5.84 Å². The van der Waals surface area contributed by atoms with Crippen molar-refractivity contribution in [2.45, 2.75) is 0 Å². The summed E-state index contributed by atoms with van der Waals surface area (Å²) in [5.74, 6) is 0.837. The van der Waals surface area contributed by atoms with Gasteiger partial charge in [0.1, 0.15) is 24.0 Å². The summed E-state index contributed by atoms with van der Waals surface area (Å²) in [4.78, 5) is 6.26. The third kappa shape index (κ3) is 2.98. The largest absolute Gasteiger partial charge is 0.491 e. The fourth-order valence-corrected chi connectivity index (χ4v) is 1.76. The molecule has 18 heavy (non-hydrogen) atoms. The van der Waals surface area contributed by atoms with Gasteiger partial charge in [0.15, 0.2) is 0 Å². The van der Waals surface area contributed by atoms with Gasteiger partial charge in [-0.3, -0.25) is 4.99 Å². The molecule has 0 aromatic heterocycles. The van der Waals surface area contributed by atoms with Crippen LogP contribution in [0.15, 0.2) is 23.2 Å². The monoisotopic (exact) mass is 251 g/mol. The van der Waals surface area contributed by atoms with Crippen LogP contribution >= 0.6 is 0 Å². The minimum absolute atomic E-state index is 0.300. The van der Waals surface area contributed by atoms with Crippen LogP contribution in [0.1, 0.15) is 5.56 Å². The molecule has 1 aromatic rings. The quantitative estimate of drug-likeness (QED) is 0.852. The highest BCUT2D eigenvalue weighted by molar-refractivity contribution is 6.02. The lowest BCUT2D eigenvalue weighted by Crippen LogP contribution is -2.23. The first-order valence-electron chi connectivity index (χ1n) is 6.03. The smallest absolute Gasteiger partial charge is 0.137 e. The molecule has 0 saturated carbocycles. The number of ether oxygens (including phenoxy) is 1. The number of rotatable bonds is 5. The minimum Gasteiger partial charge on any atom is -0.491 e. The molecule has 0 amide bonds. The standard InChI is InChI=1S/C13H18FN3O/c1-17(2)8-9-18-11-5-3-4-10(14)12(11)13-15-6-7-16-13/h3-5H,6-9H2,1-2H3,(H,15,16). The van der Waals surface area contributed by atoms with E-state index >= 15 is 0 Å². The molecule has 1 aliphatic rings. The Bertz CT molecular complexity index is 446. The molecule has 0 fully saturated rings. The van der Waals surface area contributed by atoms with Crippen LogP contribution in [0.3, 0.4) is 0 Å². The maximum absolute atomic E-state index is 13.9. The lowest BCUT2D eigenvalue weighted by Gasteiger charge is -2.14. The Hall–Kier alpha value is -1.62. The van der Waals surface area contributed by atoms with E-state index in [1.54, 1.807) is 12.1 Å². The SMILES string of the molecule is CN(C)CCOc1cccc(F)c1C1=NCCN1. The van der Waals surface area contributed by atoms with Gasteiger partial charge in [0.05, 0.1) is 12.1 Å². The Morgan fingerprint density at radius 2 is 2.28 bits per heavy atom. The van der Waals surface area contributed by atoms with E-state index in [2.05, 4.69) is 10.3 Å². The number of likely N-dealkylation sites (N-methyl/N-ethyl adjacent to an activating group) is 1. The van der Waals surface area contributed by atoms with Crippen LogP contribution in [-0.2, 0) is 0 Å². The minimum atomic E-state index is -0.300. The predicted octanol–water partition coefficient (Wildman–Crippen LogP) is 1.12. The third-order valence-electron chi connectivity index (χ3n) is 2.68. The second-order valence-corrected chi connectivity index (χ2v) is 4.42. The van der Waals surface area contributed by atoms with Gasteiger partial charge in [-0.1, -0.05) is 6.07 Å². The Morgan fingerprint density at radius 3 is 2.94 bits per heavy atom. The van der Waals surface area contributed by atoms with E-state index in [1.807, 2.05) is 19.0 Å². The molecule has 4 nitrogen and oxygen atoms in total. The fraction of sp³-hybridized carbons (Fsp3) is 0.462. The van der Waals surface area contributed by atoms with E-state index in [1.165, 1.54) is 6.07 Å². The van der Waals surface area contributed by atoms with E-state index in [-0.39, 0.29) is 5.82 Å². The molecule has 1 aromatic carbocycles. The van der Waals surface area contributed by atoms with E-state index in [0.29, 0.717) is 30.3 Å². The molecular formula is C13H18FN3O. The predicted molar refractivity (Wildman–Crippen MR) is 69.9 cm³/mol. The van der Waals surface area contributed by atoms with Gasteiger partial charge in [-0.25, -0.2) is 4.39 Å². The Kier molecular flexibility index (Phi) is 4.15.